The summed E-state index contributed by atoms with van der Waals surface area (Å²) in [4.78, 5) is 0. The van der Waals surface area contributed by atoms with Gasteiger partial charge >= 0.3 is 9.15 Å². The van der Waals surface area contributed by atoms with Gasteiger partial charge in [0.05, 0.1) is 6.61 Å². The summed E-state index contributed by atoms with van der Waals surface area (Å²) >= 11 is 0. The molecule has 0 fully saturated rings. The lowest BCUT2D eigenvalue weighted by molar-refractivity contribution is 0.324. The fourth-order valence-corrected chi connectivity index (χ4v) is 6.33. The standard InChI is InChI=1S/C24H44N2O3S2/c27-31(28,29-21-19-25-17-9-7-15-23-11-3-1-4-12-23)30-22-20-26-18-10-8-16-24-13-5-2-6-14-24/h3,5,11,13,23-26H,1-2,4,6-10,12,14-22H2/t23-,24-/m0/s1. The van der Waals surface area contributed by atoms with Gasteiger partial charge in [-0.05, 0) is 99.9 Å². The molecule has 0 aromatic rings. The van der Waals surface area contributed by atoms with Crippen LogP contribution in [-0.2, 0) is 13.3 Å². The van der Waals surface area contributed by atoms with Crippen molar-refractivity contribution >= 4 is 19.9 Å². The summed E-state index contributed by atoms with van der Waals surface area (Å²) in [5, 5.41) is 6.62. The molecule has 0 saturated heterocycles. The molecular weight excluding hydrogens is 428 g/mol. The monoisotopic (exact) mass is 472 g/mol. The first-order valence-corrected chi connectivity index (χ1v) is 15.4. The quantitative estimate of drug-likeness (QED) is 0.162. The third kappa shape index (κ3) is 14.4. The Balaban J connectivity index is 1.33. The van der Waals surface area contributed by atoms with Crippen LogP contribution in [0, 0.1) is 11.8 Å². The lowest BCUT2D eigenvalue weighted by atomic mass is 9.91. The minimum atomic E-state index is -3.48. The smallest absolute Gasteiger partial charge is 0.316 e. The summed E-state index contributed by atoms with van der Waals surface area (Å²) in [6.45, 7) is 3.37. The average Bonchev–Trinajstić information content (AvgIpc) is 2.78. The second-order valence-corrected chi connectivity index (χ2v) is 12.4. The number of unbranched alkanes of at least 4 members (excludes halogenated alkanes) is 2. The van der Waals surface area contributed by atoms with E-state index in [0.29, 0.717) is 18.8 Å². The molecule has 31 heavy (non-hydrogen) atoms. The molecule has 0 amide bonds. The first-order valence-electron chi connectivity index (χ1n) is 12.4. The molecule has 2 rings (SSSR count). The van der Waals surface area contributed by atoms with E-state index in [1.54, 1.807) is 0 Å². The summed E-state index contributed by atoms with van der Waals surface area (Å²) < 4.78 is 28.9. The summed E-state index contributed by atoms with van der Waals surface area (Å²) in [5.41, 5.74) is 0. The first kappa shape index (κ1) is 26.9. The predicted molar refractivity (Wildman–Crippen MR) is 134 cm³/mol. The third-order valence-electron chi connectivity index (χ3n) is 6.08. The first-order chi connectivity index (χ1) is 15.2. The number of hydrogen-bond acceptors (Lipinski definition) is 6. The maximum Gasteiger partial charge on any atom is 0.322 e. The van der Waals surface area contributed by atoms with Crippen molar-refractivity contribution in [2.45, 2.75) is 77.0 Å². The van der Waals surface area contributed by atoms with Gasteiger partial charge in [0.15, 0.2) is 0 Å². The molecule has 0 bridgehead atoms. The summed E-state index contributed by atoms with van der Waals surface area (Å²) in [7, 11) is -2.59. The van der Waals surface area contributed by atoms with Crippen LogP contribution in [0.15, 0.2) is 24.3 Å². The Labute approximate surface area is 194 Å². The van der Waals surface area contributed by atoms with Crippen LogP contribution in [0.5, 0.6) is 0 Å². The van der Waals surface area contributed by atoms with Gasteiger partial charge in [-0.1, -0.05) is 37.1 Å². The topological polar surface area (TPSA) is 67.4 Å². The Morgan fingerprint density at radius 3 is 1.94 bits per heavy atom. The van der Waals surface area contributed by atoms with Gasteiger partial charge in [0.1, 0.15) is 0 Å². The molecule has 5 nitrogen and oxygen atoms in total. The maximum absolute atomic E-state index is 11.9. The number of nitrogens with one attached hydrogen (secondary N) is 2. The SMILES string of the molecule is O=S(=O)(OCCNCCCC[C@H]1C=CCCC1)SCCNCCCC[C@H]1C=CCCC1. The van der Waals surface area contributed by atoms with E-state index in [2.05, 4.69) is 34.9 Å². The predicted octanol–water partition coefficient (Wildman–Crippen LogP) is 5.21. The Kier molecular flexibility index (Phi) is 14.9. The third-order valence-corrected chi connectivity index (χ3v) is 8.85. The zero-order valence-corrected chi connectivity index (χ0v) is 20.9. The molecule has 2 atom stereocenters. The summed E-state index contributed by atoms with van der Waals surface area (Å²) in [6.07, 6.45) is 24.5. The molecule has 0 aromatic carbocycles. The van der Waals surface area contributed by atoms with Crippen LogP contribution in [-0.4, -0.2) is 47.0 Å². The lowest BCUT2D eigenvalue weighted by Crippen LogP contribution is -2.23. The van der Waals surface area contributed by atoms with Gasteiger partial charge in [-0.25, -0.2) is 0 Å². The maximum atomic E-state index is 11.9. The number of allylic oxidation sites excluding steroid dienone is 4. The minimum absolute atomic E-state index is 0.212. The molecule has 0 radical (unpaired) electrons. The van der Waals surface area contributed by atoms with Gasteiger partial charge in [0, 0.05) is 18.8 Å². The zero-order chi connectivity index (χ0) is 22.0. The molecule has 0 unspecified atom stereocenters. The van der Waals surface area contributed by atoms with E-state index in [1.807, 2.05) is 0 Å². The average molecular weight is 473 g/mol. The fourth-order valence-electron chi connectivity index (χ4n) is 4.28. The normalized spacial score (nSPS) is 21.5. The van der Waals surface area contributed by atoms with Crippen molar-refractivity contribution in [3.05, 3.63) is 24.3 Å². The van der Waals surface area contributed by atoms with E-state index in [-0.39, 0.29) is 6.61 Å². The molecule has 2 N–H and O–H groups in total. The van der Waals surface area contributed by atoms with E-state index in [1.165, 1.54) is 64.2 Å². The van der Waals surface area contributed by atoms with Crippen LogP contribution in [0.25, 0.3) is 0 Å². The van der Waals surface area contributed by atoms with Gasteiger partial charge in [-0.3, -0.25) is 4.18 Å². The molecule has 180 valence electrons. The van der Waals surface area contributed by atoms with E-state index in [4.69, 9.17) is 4.18 Å². The van der Waals surface area contributed by atoms with Gasteiger partial charge in [0.25, 0.3) is 0 Å². The minimum Gasteiger partial charge on any atom is -0.316 e. The van der Waals surface area contributed by atoms with Crippen molar-refractivity contribution in [1.82, 2.24) is 10.6 Å². The Morgan fingerprint density at radius 2 is 1.39 bits per heavy atom. The van der Waals surface area contributed by atoms with E-state index >= 15 is 0 Å². The Bertz CT molecular complexity index is 562. The molecule has 7 heteroatoms. The van der Waals surface area contributed by atoms with Crippen molar-refractivity contribution in [2.75, 3.05) is 38.5 Å². The largest absolute Gasteiger partial charge is 0.322 e. The van der Waals surface area contributed by atoms with E-state index in [9.17, 15) is 8.42 Å². The Morgan fingerprint density at radius 1 is 0.806 bits per heavy atom. The molecule has 0 heterocycles. The van der Waals surface area contributed by atoms with Crippen molar-refractivity contribution in [3.8, 4) is 0 Å². The zero-order valence-electron chi connectivity index (χ0n) is 19.2. The van der Waals surface area contributed by atoms with Gasteiger partial charge in [-0.15, -0.1) is 0 Å². The highest BCUT2D eigenvalue weighted by Crippen LogP contribution is 2.22. The van der Waals surface area contributed by atoms with E-state index in [0.717, 1.165) is 48.6 Å². The second-order valence-electron chi connectivity index (χ2n) is 8.78. The van der Waals surface area contributed by atoms with Crippen LogP contribution in [0.4, 0.5) is 0 Å². The molecule has 2 aliphatic carbocycles. The molecule has 2 aliphatic rings. The van der Waals surface area contributed by atoms with Crippen molar-refractivity contribution in [3.63, 3.8) is 0 Å². The van der Waals surface area contributed by atoms with Crippen LogP contribution < -0.4 is 10.6 Å². The van der Waals surface area contributed by atoms with Crippen LogP contribution >= 0.6 is 10.8 Å². The van der Waals surface area contributed by atoms with Crippen molar-refractivity contribution in [2.24, 2.45) is 11.8 Å². The van der Waals surface area contributed by atoms with Crippen LogP contribution in [0.1, 0.15) is 77.0 Å². The molecule has 0 aromatic heterocycles. The summed E-state index contributed by atoms with van der Waals surface area (Å²) in [6, 6.07) is 0. The van der Waals surface area contributed by atoms with Gasteiger partial charge in [0.2, 0.25) is 0 Å². The van der Waals surface area contributed by atoms with Crippen LogP contribution in [0.3, 0.4) is 0 Å². The number of hydrogen-bond donors (Lipinski definition) is 2. The lowest BCUT2D eigenvalue weighted by Gasteiger charge is -2.15. The molecule has 0 aliphatic heterocycles. The summed E-state index contributed by atoms with van der Waals surface area (Å²) in [5.74, 6) is 2.07. The number of rotatable bonds is 18. The van der Waals surface area contributed by atoms with Gasteiger partial charge in [-0.2, -0.15) is 8.42 Å². The fraction of sp³-hybridized carbons (Fsp3) is 0.833. The van der Waals surface area contributed by atoms with Crippen molar-refractivity contribution < 1.29 is 12.6 Å². The van der Waals surface area contributed by atoms with Gasteiger partial charge < -0.3 is 10.6 Å². The second kappa shape index (κ2) is 17.2. The highest BCUT2D eigenvalue weighted by molar-refractivity contribution is 8.70. The van der Waals surface area contributed by atoms with Crippen LogP contribution in [0.2, 0.25) is 0 Å². The highest BCUT2D eigenvalue weighted by atomic mass is 33.1. The molecule has 0 spiro atoms. The molecule has 0 saturated carbocycles. The Hall–Kier alpha value is -0.340. The van der Waals surface area contributed by atoms with Crippen molar-refractivity contribution in [1.29, 1.82) is 0 Å². The highest BCUT2D eigenvalue weighted by Gasteiger charge is 2.12. The van der Waals surface area contributed by atoms with E-state index < -0.39 is 9.15 Å². The molecular formula is C24H44N2O3S2.